The highest BCUT2D eigenvalue weighted by Gasteiger charge is 2.50. The third kappa shape index (κ3) is 5.71. The van der Waals surface area contributed by atoms with E-state index >= 15 is 0 Å². The quantitative estimate of drug-likeness (QED) is 0.491. The zero-order valence-electron chi connectivity index (χ0n) is 20.0. The molecule has 4 N–H and O–H groups in total. The Morgan fingerprint density at radius 3 is 2.61 bits per heavy atom. The molecule has 3 aliphatic carbocycles. The molecule has 31 heavy (non-hydrogen) atoms. The molecule has 0 amide bonds. The predicted octanol–water partition coefficient (Wildman–Crippen LogP) is 4.68. The number of rotatable bonds is 6. The van der Waals surface area contributed by atoms with Crippen molar-refractivity contribution in [3.63, 3.8) is 0 Å². The van der Waals surface area contributed by atoms with Crippen LogP contribution in [0.4, 0.5) is 0 Å². The summed E-state index contributed by atoms with van der Waals surface area (Å²) in [5.41, 5.74) is 2.64. The fourth-order valence-corrected chi connectivity index (χ4v) is 6.93. The van der Waals surface area contributed by atoms with Gasteiger partial charge in [-0.25, -0.2) is 0 Å². The van der Waals surface area contributed by atoms with Crippen molar-refractivity contribution in [2.24, 2.45) is 23.2 Å². The first-order chi connectivity index (χ1) is 14.4. The third-order valence-electron chi connectivity index (χ3n) is 8.37. The first-order valence-electron chi connectivity index (χ1n) is 12.3. The Balaban J connectivity index is 1.72. The van der Waals surface area contributed by atoms with Crippen LogP contribution in [0, 0.1) is 23.2 Å². The Kier molecular flexibility index (Phi) is 7.57. The van der Waals surface area contributed by atoms with Crippen LogP contribution in [0.1, 0.15) is 85.5 Å². The van der Waals surface area contributed by atoms with Gasteiger partial charge in [0.15, 0.2) is 0 Å². The van der Waals surface area contributed by atoms with Crippen molar-refractivity contribution in [2.75, 3.05) is 0 Å². The molecule has 0 radical (unpaired) electrons. The van der Waals surface area contributed by atoms with E-state index in [9.17, 15) is 20.4 Å². The fraction of sp³-hybridized carbons (Fsp3) is 0.778. The van der Waals surface area contributed by atoms with Gasteiger partial charge in [0.2, 0.25) is 0 Å². The van der Waals surface area contributed by atoms with E-state index in [4.69, 9.17) is 0 Å². The number of aliphatic hydroxyl groups excluding tert-OH is 3. The molecule has 0 heterocycles. The summed E-state index contributed by atoms with van der Waals surface area (Å²) in [5.74, 6) is 1.57. The minimum Gasteiger partial charge on any atom is -0.393 e. The summed E-state index contributed by atoms with van der Waals surface area (Å²) >= 11 is 0. The van der Waals surface area contributed by atoms with Gasteiger partial charge in [-0.15, -0.1) is 0 Å². The van der Waals surface area contributed by atoms with Gasteiger partial charge >= 0.3 is 0 Å². The van der Waals surface area contributed by atoms with Gasteiger partial charge in [-0.1, -0.05) is 38.2 Å². The monoisotopic (exact) mass is 432 g/mol. The fourth-order valence-electron chi connectivity index (χ4n) is 6.93. The molecular formula is C27H44O4. The van der Waals surface area contributed by atoms with Crippen LogP contribution in [0.3, 0.4) is 0 Å². The van der Waals surface area contributed by atoms with E-state index < -0.39 is 23.9 Å². The van der Waals surface area contributed by atoms with Gasteiger partial charge in [0.1, 0.15) is 0 Å². The molecule has 0 saturated heterocycles. The molecule has 0 spiro atoms. The van der Waals surface area contributed by atoms with E-state index in [-0.39, 0.29) is 5.41 Å². The van der Waals surface area contributed by atoms with Crippen LogP contribution in [-0.4, -0.2) is 44.3 Å². The van der Waals surface area contributed by atoms with E-state index in [0.717, 1.165) is 24.0 Å². The molecule has 7 atom stereocenters. The van der Waals surface area contributed by atoms with Gasteiger partial charge in [-0.2, -0.15) is 0 Å². The number of hydrogen-bond acceptors (Lipinski definition) is 4. The van der Waals surface area contributed by atoms with Crippen LogP contribution in [0.2, 0.25) is 0 Å². The van der Waals surface area contributed by atoms with Crippen molar-refractivity contribution in [2.45, 2.75) is 109 Å². The average molecular weight is 433 g/mol. The lowest BCUT2D eigenvalue weighted by atomic mass is 9.60. The summed E-state index contributed by atoms with van der Waals surface area (Å²) in [4.78, 5) is 0. The minimum absolute atomic E-state index is 0.249. The minimum atomic E-state index is -0.834. The van der Waals surface area contributed by atoms with Gasteiger partial charge in [0, 0.05) is 12.8 Å². The molecule has 0 aromatic carbocycles. The highest BCUT2D eigenvalue weighted by Crippen LogP contribution is 2.60. The van der Waals surface area contributed by atoms with Crippen molar-refractivity contribution in [3.05, 3.63) is 35.5 Å². The summed E-state index contributed by atoms with van der Waals surface area (Å²) in [5, 5.41) is 40.7. The van der Waals surface area contributed by atoms with Gasteiger partial charge < -0.3 is 20.4 Å². The molecule has 4 nitrogen and oxygen atoms in total. The Bertz CT molecular complexity index is 715. The van der Waals surface area contributed by atoms with Gasteiger partial charge in [0.05, 0.1) is 23.9 Å². The lowest BCUT2D eigenvalue weighted by molar-refractivity contribution is 0.000127. The van der Waals surface area contributed by atoms with Crippen molar-refractivity contribution in [1.29, 1.82) is 0 Å². The van der Waals surface area contributed by atoms with E-state index in [0.29, 0.717) is 37.0 Å². The molecule has 4 heteroatoms. The van der Waals surface area contributed by atoms with E-state index in [1.807, 2.05) is 0 Å². The molecule has 176 valence electrons. The Labute approximate surface area is 188 Å². The van der Waals surface area contributed by atoms with E-state index in [2.05, 4.69) is 32.6 Å². The van der Waals surface area contributed by atoms with Crippen LogP contribution >= 0.6 is 0 Å². The van der Waals surface area contributed by atoms with Crippen LogP contribution in [0.15, 0.2) is 35.5 Å². The molecule has 0 aromatic heterocycles. The van der Waals surface area contributed by atoms with Gasteiger partial charge in [0.25, 0.3) is 0 Å². The highest BCUT2D eigenvalue weighted by molar-refractivity contribution is 5.38. The number of fused-ring (bicyclic) bond motifs is 1. The normalized spacial score (nSPS) is 39.0. The molecule has 3 saturated carbocycles. The van der Waals surface area contributed by atoms with E-state index in [1.165, 1.54) is 31.3 Å². The maximum atomic E-state index is 10.5. The van der Waals surface area contributed by atoms with Crippen LogP contribution in [0.5, 0.6) is 0 Å². The van der Waals surface area contributed by atoms with Crippen molar-refractivity contribution < 1.29 is 20.4 Å². The molecule has 0 aliphatic heterocycles. The standard InChI is InChI=1S/C27H44O4/c1-17(13-22(29)16-26(3,4)31)23-10-11-24-19(7-6-12-27(23,24)5)8-9-20-14-21(28)15-25(30)18(20)2/h8-9,17,21-25,28-31H,2,6-7,10-16H2,1,3-5H3/b19-8+,20-9-/t17-,21+,22+,23-,24+,25-,27-/m1/s1. The zero-order valence-corrected chi connectivity index (χ0v) is 20.0. The Morgan fingerprint density at radius 1 is 1.23 bits per heavy atom. The molecule has 3 aliphatic rings. The summed E-state index contributed by atoms with van der Waals surface area (Å²) in [6.45, 7) is 12.3. The number of aliphatic hydroxyl groups is 4. The first-order valence-corrected chi connectivity index (χ1v) is 12.3. The second kappa shape index (κ2) is 9.51. The molecule has 3 fully saturated rings. The molecule has 0 aromatic rings. The highest BCUT2D eigenvalue weighted by atomic mass is 16.3. The molecule has 0 unspecified atom stereocenters. The SMILES string of the molecule is C=C1/C(=C\C=C2/CCC[C@]3(C)[C@@H]([C@H](C)C[C@H](O)CC(C)(C)O)CC[C@@H]23)C[C@H](O)C[C@H]1O. The summed E-state index contributed by atoms with van der Waals surface area (Å²) in [7, 11) is 0. The first kappa shape index (κ1) is 24.7. The summed E-state index contributed by atoms with van der Waals surface area (Å²) in [6, 6.07) is 0. The lowest BCUT2D eigenvalue weighted by Crippen LogP contribution is -2.37. The predicted molar refractivity (Wildman–Crippen MR) is 125 cm³/mol. The third-order valence-corrected chi connectivity index (χ3v) is 8.37. The summed E-state index contributed by atoms with van der Waals surface area (Å²) in [6.07, 6.45) is 10.8. The van der Waals surface area contributed by atoms with Crippen LogP contribution < -0.4 is 0 Å². The molecular weight excluding hydrogens is 388 g/mol. The number of allylic oxidation sites excluding steroid dienone is 3. The second-order valence-electron chi connectivity index (χ2n) is 11.5. The van der Waals surface area contributed by atoms with Crippen molar-refractivity contribution in [1.82, 2.24) is 0 Å². The van der Waals surface area contributed by atoms with Crippen molar-refractivity contribution in [3.8, 4) is 0 Å². The maximum absolute atomic E-state index is 10.5. The Morgan fingerprint density at radius 2 is 1.94 bits per heavy atom. The average Bonchev–Trinajstić information content (AvgIpc) is 2.99. The lowest BCUT2D eigenvalue weighted by Gasteiger charge is -2.44. The maximum Gasteiger partial charge on any atom is 0.0811 e. The topological polar surface area (TPSA) is 80.9 Å². The van der Waals surface area contributed by atoms with E-state index in [1.54, 1.807) is 13.8 Å². The van der Waals surface area contributed by atoms with Crippen LogP contribution in [0.25, 0.3) is 0 Å². The largest absolute Gasteiger partial charge is 0.393 e. The van der Waals surface area contributed by atoms with Gasteiger partial charge in [-0.3, -0.25) is 0 Å². The van der Waals surface area contributed by atoms with Gasteiger partial charge in [-0.05, 0) is 93.1 Å². The Hall–Kier alpha value is -0.940. The van der Waals surface area contributed by atoms with Crippen LogP contribution in [-0.2, 0) is 0 Å². The summed E-state index contributed by atoms with van der Waals surface area (Å²) < 4.78 is 0. The molecule has 3 rings (SSSR count). The zero-order chi connectivity index (χ0) is 23.0. The second-order valence-corrected chi connectivity index (χ2v) is 11.5. The molecule has 0 bridgehead atoms. The van der Waals surface area contributed by atoms with Crippen molar-refractivity contribution >= 4 is 0 Å². The number of hydrogen-bond donors (Lipinski definition) is 4. The smallest absolute Gasteiger partial charge is 0.0811 e.